The smallest absolute Gasteiger partial charge is 0.337 e. The Bertz CT molecular complexity index is 813. The van der Waals surface area contributed by atoms with E-state index in [4.69, 9.17) is 15.2 Å². The molecule has 0 bridgehead atoms. The van der Waals surface area contributed by atoms with Gasteiger partial charge in [0.2, 0.25) is 5.91 Å². The van der Waals surface area contributed by atoms with E-state index in [1.54, 1.807) is 18.2 Å². The van der Waals surface area contributed by atoms with Crippen molar-refractivity contribution in [1.29, 1.82) is 0 Å². The van der Waals surface area contributed by atoms with E-state index < -0.39 is 5.97 Å². The third-order valence-corrected chi connectivity index (χ3v) is 4.74. The molecule has 7 heteroatoms. The SMILES string of the molecule is COC(=O)c1ccc(OCc2ccccc2)c(NC(=O)C2CCC(N)C2)c1.Cl. The maximum absolute atomic E-state index is 12.6. The summed E-state index contributed by atoms with van der Waals surface area (Å²) in [7, 11) is 1.32. The quantitative estimate of drug-likeness (QED) is 0.718. The van der Waals surface area contributed by atoms with Gasteiger partial charge in [-0.15, -0.1) is 12.4 Å². The van der Waals surface area contributed by atoms with E-state index in [0.29, 0.717) is 30.0 Å². The van der Waals surface area contributed by atoms with Crippen molar-refractivity contribution in [2.45, 2.75) is 31.9 Å². The van der Waals surface area contributed by atoms with Gasteiger partial charge >= 0.3 is 5.97 Å². The number of nitrogens with one attached hydrogen (secondary N) is 1. The van der Waals surface area contributed by atoms with Crippen molar-refractivity contribution >= 4 is 30.0 Å². The van der Waals surface area contributed by atoms with Gasteiger partial charge in [0.1, 0.15) is 12.4 Å². The van der Waals surface area contributed by atoms with Crippen molar-refractivity contribution in [2.75, 3.05) is 12.4 Å². The molecule has 0 aromatic heterocycles. The number of nitrogens with two attached hydrogens (primary N) is 1. The van der Waals surface area contributed by atoms with Gasteiger partial charge in [0.15, 0.2) is 0 Å². The van der Waals surface area contributed by atoms with Crippen molar-refractivity contribution in [1.82, 2.24) is 0 Å². The van der Waals surface area contributed by atoms with E-state index in [9.17, 15) is 9.59 Å². The first-order valence-electron chi connectivity index (χ1n) is 9.02. The number of anilines is 1. The second-order valence-electron chi connectivity index (χ2n) is 6.74. The summed E-state index contributed by atoms with van der Waals surface area (Å²) in [6, 6.07) is 14.7. The van der Waals surface area contributed by atoms with Crippen LogP contribution in [-0.2, 0) is 16.1 Å². The first-order valence-corrected chi connectivity index (χ1v) is 9.02. The first kappa shape index (κ1) is 21.7. The Hall–Kier alpha value is -2.57. The zero-order valence-corrected chi connectivity index (χ0v) is 16.5. The van der Waals surface area contributed by atoms with Crippen LogP contribution in [0, 0.1) is 5.92 Å². The Balaban J connectivity index is 0.00000280. The lowest BCUT2D eigenvalue weighted by Gasteiger charge is -2.16. The maximum atomic E-state index is 12.6. The fourth-order valence-electron chi connectivity index (χ4n) is 3.22. The van der Waals surface area contributed by atoms with Crippen LogP contribution in [0.4, 0.5) is 5.69 Å². The Kier molecular flexibility index (Phi) is 7.84. The van der Waals surface area contributed by atoms with Gasteiger partial charge in [-0.2, -0.15) is 0 Å². The highest BCUT2D eigenvalue weighted by molar-refractivity contribution is 5.97. The monoisotopic (exact) mass is 404 g/mol. The average Bonchev–Trinajstić information content (AvgIpc) is 3.13. The van der Waals surface area contributed by atoms with Crippen LogP contribution in [0.1, 0.15) is 35.2 Å². The largest absolute Gasteiger partial charge is 0.487 e. The third-order valence-electron chi connectivity index (χ3n) is 4.74. The second kappa shape index (κ2) is 10.1. The molecule has 1 saturated carbocycles. The van der Waals surface area contributed by atoms with E-state index in [1.807, 2.05) is 30.3 Å². The summed E-state index contributed by atoms with van der Waals surface area (Å²) < 4.78 is 10.7. The summed E-state index contributed by atoms with van der Waals surface area (Å²) in [6.45, 7) is 0.357. The number of halogens is 1. The number of ether oxygens (including phenoxy) is 2. The number of esters is 1. The molecule has 1 amide bonds. The molecule has 2 aromatic carbocycles. The highest BCUT2D eigenvalue weighted by Crippen LogP contribution is 2.30. The summed E-state index contributed by atoms with van der Waals surface area (Å²) >= 11 is 0. The van der Waals surface area contributed by atoms with Gasteiger partial charge in [-0.25, -0.2) is 4.79 Å². The number of carbonyl (C=O) groups is 2. The Morgan fingerprint density at radius 2 is 1.89 bits per heavy atom. The summed E-state index contributed by atoms with van der Waals surface area (Å²) in [5.41, 5.74) is 7.73. The van der Waals surface area contributed by atoms with E-state index in [-0.39, 0.29) is 30.3 Å². The lowest BCUT2D eigenvalue weighted by molar-refractivity contribution is -0.119. The molecule has 0 heterocycles. The van der Waals surface area contributed by atoms with Gasteiger partial charge in [-0.1, -0.05) is 30.3 Å². The number of amides is 1. The highest BCUT2D eigenvalue weighted by atomic mass is 35.5. The fourth-order valence-corrected chi connectivity index (χ4v) is 3.22. The summed E-state index contributed by atoms with van der Waals surface area (Å²) in [5, 5.41) is 2.90. The second-order valence-corrected chi connectivity index (χ2v) is 6.74. The summed E-state index contributed by atoms with van der Waals surface area (Å²) in [4.78, 5) is 24.4. The van der Waals surface area contributed by atoms with Crippen molar-refractivity contribution in [3.63, 3.8) is 0 Å². The van der Waals surface area contributed by atoms with Crippen molar-refractivity contribution in [3.05, 3.63) is 59.7 Å². The molecule has 0 saturated heterocycles. The van der Waals surface area contributed by atoms with E-state index in [0.717, 1.165) is 18.4 Å². The number of methoxy groups -OCH3 is 1. The number of rotatable bonds is 6. The first-order chi connectivity index (χ1) is 13.1. The highest BCUT2D eigenvalue weighted by Gasteiger charge is 2.28. The number of benzene rings is 2. The molecule has 0 radical (unpaired) electrons. The zero-order valence-electron chi connectivity index (χ0n) is 15.7. The van der Waals surface area contributed by atoms with Crippen molar-refractivity contribution in [3.8, 4) is 5.75 Å². The summed E-state index contributed by atoms with van der Waals surface area (Å²) in [5.74, 6) is -0.191. The lowest BCUT2D eigenvalue weighted by atomic mass is 10.1. The molecule has 0 aliphatic heterocycles. The Labute approximate surface area is 170 Å². The van der Waals surface area contributed by atoms with Gasteiger partial charge in [0.05, 0.1) is 18.4 Å². The predicted molar refractivity (Wildman–Crippen MR) is 110 cm³/mol. The standard InChI is InChI=1S/C21H24N2O4.ClH/c1-26-21(25)16-8-10-19(27-13-14-5-3-2-4-6-14)18(12-16)23-20(24)15-7-9-17(22)11-15;/h2-6,8,10,12,15,17H,7,9,11,13,22H2,1H3,(H,23,24);1H. The lowest BCUT2D eigenvalue weighted by Crippen LogP contribution is -2.23. The molecule has 28 heavy (non-hydrogen) atoms. The van der Waals surface area contributed by atoms with Crippen LogP contribution in [0.5, 0.6) is 5.75 Å². The molecule has 2 atom stereocenters. The van der Waals surface area contributed by atoms with Crippen LogP contribution in [0.15, 0.2) is 48.5 Å². The van der Waals surface area contributed by atoms with Gasteiger partial charge in [0, 0.05) is 12.0 Å². The van der Waals surface area contributed by atoms with Crippen LogP contribution in [0.3, 0.4) is 0 Å². The van der Waals surface area contributed by atoms with Crippen molar-refractivity contribution < 1.29 is 19.1 Å². The Morgan fingerprint density at radius 1 is 1.14 bits per heavy atom. The molecule has 1 aliphatic rings. The summed E-state index contributed by atoms with van der Waals surface area (Å²) in [6.07, 6.45) is 2.28. The minimum absolute atomic E-state index is 0. The number of hydrogen-bond donors (Lipinski definition) is 2. The van der Waals surface area contributed by atoms with E-state index in [2.05, 4.69) is 5.32 Å². The normalized spacial score (nSPS) is 18.1. The molecular formula is C21H25ClN2O4. The fraction of sp³-hybridized carbons (Fsp3) is 0.333. The third kappa shape index (κ3) is 5.47. The molecular weight excluding hydrogens is 380 g/mol. The molecule has 150 valence electrons. The molecule has 1 aliphatic carbocycles. The Morgan fingerprint density at radius 3 is 2.54 bits per heavy atom. The molecule has 3 rings (SSSR count). The van der Waals surface area contributed by atoms with E-state index in [1.165, 1.54) is 7.11 Å². The molecule has 6 nitrogen and oxygen atoms in total. The molecule has 2 aromatic rings. The molecule has 3 N–H and O–H groups in total. The molecule has 1 fully saturated rings. The minimum Gasteiger partial charge on any atom is -0.487 e. The van der Waals surface area contributed by atoms with Crippen LogP contribution < -0.4 is 15.8 Å². The molecule has 2 unspecified atom stereocenters. The van der Waals surface area contributed by atoms with Crippen LogP contribution in [0.2, 0.25) is 0 Å². The van der Waals surface area contributed by atoms with Crippen molar-refractivity contribution in [2.24, 2.45) is 11.7 Å². The zero-order chi connectivity index (χ0) is 19.2. The van der Waals surface area contributed by atoms with Gasteiger partial charge < -0.3 is 20.5 Å². The van der Waals surface area contributed by atoms with Gasteiger partial charge in [0.25, 0.3) is 0 Å². The maximum Gasteiger partial charge on any atom is 0.337 e. The topological polar surface area (TPSA) is 90.6 Å². The average molecular weight is 405 g/mol. The minimum atomic E-state index is -0.469. The van der Waals surface area contributed by atoms with Gasteiger partial charge in [-0.05, 0) is 43.0 Å². The number of carbonyl (C=O) groups excluding carboxylic acids is 2. The van der Waals surface area contributed by atoms with Crippen LogP contribution >= 0.6 is 12.4 Å². The van der Waals surface area contributed by atoms with Crippen LogP contribution in [0.25, 0.3) is 0 Å². The van der Waals surface area contributed by atoms with Gasteiger partial charge in [-0.3, -0.25) is 4.79 Å². The predicted octanol–water partition coefficient (Wildman–Crippen LogP) is 3.54. The van der Waals surface area contributed by atoms with E-state index >= 15 is 0 Å². The number of hydrogen-bond acceptors (Lipinski definition) is 5. The molecule has 0 spiro atoms. The van der Waals surface area contributed by atoms with Crippen LogP contribution in [-0.4, -0.2) is 25.0 Å².